The lowest BCUT2D eigenvalue weighted by Gasteiger charge is -2.01. The van der Waals surface area contributed by atoms with Gasteiger partial charge in [0, 0.05) is 11.4 Å². The van der Waals surface area contributed by atoms with Crippen molar-refractivity contribution in [3.05, 3.63) is 25.7 Å². The van der Waals surface area contributed by atoms with Crippen LogP contribution in [0.25, 0.3) is 0 Å². The highest BCUT2D eigenvalue weighted by atomic mass is 79.9. The summed E-state index contributed by atoms with van der Waals surface area (Å²) in [7, 11) is 0. The highest BCUT2D eigenvalue weighted by Gasteiger charge is 2.15. The van der Waals surface area contributed by atoms with Crippen LogP contribution >= 0.6 is 38.6 Å². The van der Waals surface area contributed by atoms with E-state index in [-0.39, 0.29) is 11.7 Å². The molecule has 0 fully saturated rings. The Labute approximate surface area is 127 Å². The lowest BCUT2D eigenvalue weighted by atomic mass is 10.4. The van der Waals surface area contributed by atoms with Gasteiger partial charge in [0.2, 0.25) is 0 Å². The molecule has 0 atom stereocenters. The Morgan fingerprint density at radius 1 is 1.47 bits per heavy atom. The SMILES string of the molecule is CCNc1nc(N)c(C(=O)NCc2ccc(Br)s2)s1. The largest absolute Gasteiger partial charge is 0.382 e. The maximum atomic E-state index is 12.0. The Balaban J connectivity index is 1.99. The Morgan fingerprint density at radius 3 is 2.89 bits per heavy atom. The van der Waals surface area contributed by atoms with Gasteiger partial charge in [0.25, 0.3) is 5.91 Å². The first kappa shape index (κ1) is 14.3. The second-order valence-corrected chi connectivity index (χ2v) is 7.20. The van der Waals surface area contributed by atoms with Crippen molar-refractivity contribution < 1.29 is 4.79 Å². The van der Waals surface area contributed by atoms with Crippen molar-refractivity contribution in [3.8, 4) is 0 Å². The zero-order chi connectivity index (χ0) is 13.8. The van der Waals surface area contributed by atoms with Crippen LogP contribution in [-0.4, -0.2) is 17.4 Å². The monoisotopic (exact) mass is 360 g/mol. The number of nitrogens with one attached hydrogen (secondary N) is 2. The Bertz CT molecular complexity index is 581. The second kappa shape index (κ2) is 6.36. The van der Waals surface area contributed by atoms with E-state index in [9.17, 15) is 4.79 Å². The lowest BCUT2D eigenvalue weighted by Crippen LogP contribution is -2.22. The van der Waals surface area contributed by atoms with Crippen molar-refractivity contribution in [2.24, 2.45) is 0 Å². The van der Waals surface area contributed by atoms with Gasteiger partial charge >= 0.3 is 0 Å². The van der Waals surface area contributed by atoms with E-state index in [1.54, 1.807) is 11.3 Å². The summed E-state index contributed by atoms with van der Waals surface area (Å²) in [6, 6.07) is 3.92. The minimum Gasteiger partial charge on any atom is -0.382 e. The normalized spacial score (nSPS) is 10.4. The standard InChI is InChI=1S/C11H13BrN4OS2/c1-2-14-11-16-9(13)8(19-11)10(17)15-5-6-3-4-7(12)18-6/h3-4H,2,5,13H2,1H3,(H,14,16)(H,15,17). The Morgan fingerprint density at radius 2 is 2.26 bits per heavy atom. The van der Waals surface area contributed by atoms with E-state index < -0.39 is 0 Å². The molecule has 0 aliphatic carbocycles. The maximum absolute atomic E-state index is 12.0. The second-order valence-electron chi connectivity index (χ2n) is 3.65. The van der Waals surface area contributed by atoms with Crippen molar-refractivity contribution in [3.63, 3.8) is 0 Å². The summed E-state index contributed by atoms with van der Waals surface area (Å²) < 4.78 is 1.04. The molecule has 0 radical (unpaired) electrons. The Hall–Kier alpha value is -1.12. The number of thiazole rings is 1. The third-order valence-corrected chi connectivity index (χ3v) is 4.89. The van der Waals surface area contributed by atoms with E-state index in [4.69, 9.17) is 5.73 Å². The molecule has 0 saturated heterocycles. The van der Waals surface area contributed by atoms with Gasteiger partial charge in [-0.1, -0.05) is 11.3 Å². The topological polar surface area (TPSA) is 80.0 Å². The molecule has 2 aromatic rings. The average Bonchev–Trinajstić information content (AvgIpc) is 2.93. The van der Waals surface area contributed by atoms with Crippen molar-refractivity contribution in [1.29, 1.82) is 0 Å². The van der Waals surface area contributed by atoms with Crippen LogP contribution < -0.4 is 16.4 Å². The lowest BCUT2D eigenvalue weighted by molar-refractivity contribution is 0.0956. The molecule has 2 heterocycles. The highest BCUT2D eigenvalue weighted by molar-refractivity contribution is 9.11. The number of carbonyl (C=O) groups is 1. The van der Waals surface area contributed by atoms with Crippen LogP contribution in [0.5, 0.6) is 0 Å². The molecule has 0 spiro atoms. The van der Waals surface area contributed by atoms with Gasteiger partial charge < -0.3 is 16.4 Å². The number of amides is 1. The molecule has 0 saturated carbocycles. The molecule has 0 unspecified atom stereocenters. The van der Waals surface area contributed by atoms with E-state index in [2.05, 4.69) is 31.5 Å². The van der Waals surface area contributed by atoms with Crippen LogP contribution in [0.4, 0.5) is 10.9 Å². The number of nitrogen functional groups attached to an aromatic ring is 1. The molecule has 5 nitrogen and oxygen atoms in total. The average molecular weight is 361 g/mol. The summed E-state index contributed by atoms with van der Waals surface area (Å²) in [5.41, 5.74) is 5.74. The number of thiophene rings is 1. The fourth-order valence-corrected chi connectivity index (χ4v) is 3.71. The molecule has 19 heavy (non-hydrogen) atoms. The highest BCUT2D eigenvalue weighted by Crippen LogP contribution is 2.25. The van der Waals surface area contributed by atoms with E-state index in [1.165, 1.54) is 11.3 Å². The third kappa shape index (κ3) is 3.68. The van der Waals surface area contributed by atoms with Crippen molar-refractivity contribution >= 4 is 55.5 Å². The molecular weight excluding hydrogens is 348 g/mol. The number of carbonyl (C=O) groups excluding carboxylic acids is 1. The van der Waals surface area contributed by atoms with Gasteiger partial charge in [-0.3, -0.25) is 4.79 Å². The van der Waals surface area contributed by atoms with Gasteiger partial charge in [0.15, 0.2) is 5.13 Å². The molecule has 2 rings (SSSR count). The fraction of sp³-hybridized carbons (Fsp3) is 0.273. The van der Waals surface area contributed by atoms with Crippen LogP contribution in [0, 0.1) is 0 Å². The molecule has 0 bridgehead atoms. The first-order valence-electron chi connectivity index (χ1n) is 5.62. The number of nitrogens with zero attached hydrogens (tertiary/aromatic N) is 1. The molecule has 2 aromatic heterocycles. The number of halogens is 1. The van der Waals surface area contributed by atoms with Crippen LogP contribution in [0.1, 0.15) is 21.5 Å². The molecule has 0 aliphatic rings. The predicted molar refractivity (Wildman–Crippen MR) is 83.9 cm³/mol. The molecule has 8 heteroatoms. The zero-order valence-electron chi connectivity index (χ0n) is 10.2. The van der Waals surface area contributed by atoms with Crippen molar-refractivity contribution in [1.82, 2.24) is 10.3 Å². The quantitative estimate of drug-likeness (QED) is 0.765. The fourth-order valence-electron chi connectivity index (χ4n) is 1.42. The molecule has 4 N–H and O–H groups in total. The number of anilines is 2. The van der Waals surface area contributed by atoms with Gasteiger partial charge in [-0.2, -0.15) is 0 Å². The summed E-state index contributed by atoms with van der Waals surface area (Å²) in [6.45, 7) is 3.20. The van der Waals surface area contributed by atoms with Gasteiger partial charge in [0.05, 0.1) is 10.3 Å². The summed E-state index contributed by atoms with van der Waals surface area (Å²) in [5, 5.41) is 6.55. The van der Waals surface area contributed by atoms with Gasteiger partial charge in [-0.25, -0.2) is 4.98 Å². The van der Waals surface area contributed by atoms with Crippen molar-refractivity contribution in [2.75, 3.05) is 17.6 Å². The number of nitrogens with two attached hydrogens (primary N) is 1. The Kier molecular flexibility index (Phi) is 4.78. The van der Waals surface area contributed by atoms with E-state index >= 15 is 0 Å². The van der Waals surface area contributed by atoms with Crippen LogP contribution in [-0.2, 0) is 6.54 Å². The predicted octanol–water partition coefficient (Wildman–Crippen LogP) is 2.91. The van der Waals surface area contributed by atoms with Gasteiger partial charge in [-0.05, 0) is 35.0 Å². The minimum absolute atomic E-state index is 0.191. The molecule has 0 aromatic carbocycles. The summed E-state index contributed by atoms with van der Waals surface area (Å²) in [6.07, 6.45) is 0. The molecular formula is C11H13BrN4OS2. The van der Waals surface area contributed by atoms with Crippen LogP contribution in [0.3, 0.4) is 0 Å². The van der Waals surface area contributed by atoms with E-state index in [0.29, 0.717) is 16.6 Å². The van der Waals surface area contributed by atoms with Gasteiger partial charge in [-0.15, -0.1) is 11.3 Å². The van der Waals surface area contributed by atoms with Gasteiger partial charge in [0.1, 0.15) is 10.7 Å². The molecule has 0 aliphatic heterocycles. The zero-order valence-corrected chi connectivity index (χ0v) is 13.4. The minimum atomic E-state index is -0.191. The van der Waals surface area contributed by atoms with Crippen LogP contribution in [0.2, 0.25) is 0 Å². The van der Waals surface area contributed by atoms with Crippen LogP contribution in [0.15, 0.2) is 15.9 Å². The smallest absolute Gasteiger partial charge is 0.265 e. The van der Waals surface area contributed by atoms with E-state index in [0.717, 1.165) is 15.2 Å². The number of rotatable bonds is 5. The summed E-state index contributed by atoms with van der Waals surface area (Å²) in [5.74, 6) is 0.0782. The maximum Gasteiger partial charge on any atom is 0.265 e. The first-order valence-corrected chi connectivity index (χ1v) is 8.05. The molecule has 1 amide bonds. The summed E-state index contributed by atoms with van der Waals surface area (Å²) in [4.78, 5) is 17.6. The van der Waals surface area contributed by atoms with Crippen molar-refractivity contribution in [2.45, 2.75) is 13.5 Å². The molecule has 102 valence electrons. The number of hydrogen-bond donors (Lipinski definition) is 3. The third-order valence-electron chi connectivity index (χ3n) is 2.24. The van der Waals surface area contributed by atoms with E-state index in [1.807, 2.05) is 19.1 Å². The first-order chi connectivity index (χ1) is 9.10. The summed E-state index contributed by atoms with van der Waals surface area (Å²) >= 11 is 6.24. The number of aromatic nitrogens is 1. The number of hydrogen-bond acceptors (Lipinski definition) is 6.